The molecule has 0 amide bonds. The molecule has 1 saturated heterocycles. The van der Waals surface area contributed by atoms with Crippen LogP contribution in [0, 0.1) is 18.3 Å². The second-order valence-corrected chi connectivity index (χ2v) is 4.63. The van der Waals surface area contributed by atoms with Gasteiger partial charge in [-0.2, -0.15) is 5.26 Å². The lowest BCUT2D eigenvalue weighted by molar-refractivity contribution is 0.109. The average Bonchev–Trinajstić information content (AvgIpc) is 2.75. The van der Waals surface area contributed by atoms with Gasteiger partial charge in [0, 0.05) is 26.2 Å². The van der Waals surface area contributed by atoms with Gasteiger partial charge >= 0.3 is 0 Å². The SMILES string of the molecule is Cc1ccc(CN2CCN(C(C)C#N)CC2)o1. The summed E-state index contributed by atoms with van der Waals surface area (Å²) in [6, 6.07) is 6.37. The number of nitriles is 1. The molecule has 0 radical (unpaired) electrons. The summed E-state index contributed by atoms with van der Waals surface area (Å²) in [7, 11) is 0. The third-order valence-electron chi connectivity index (χ3n) is 3.32. The van der Waals surface area contributed by atoms with Gasteiger partial charge in [0.2, 0.25) is 0 Å². The Balaban J connectivity index is 1.82. The van der Waals surface area contributed by atoms with Crippen LogP contribution in [0.25, 0.3) is 0 Å². The molecule has 0 aliphatic carbocycles. The molecule has 1 aliphatic rings. The van der Waals surface area contributed by atoms with Crippen molar-refractivity contribution in [3.63, 3.8) is 0 Å². The summed E-state index contributed by atoms with van der Waals surface area (Å²) in [4.78, 5) is 4.60. The van der Waals surface area contributed by atoms with E-state index in [0.717, 1.165) is 44.2 Å². The highest BCUT2D eigenvalue weighted by Crippen LogP contribution is 2.12. The van der Waals surface area contributed by atoms with Gasteiger partial charge in [-0.1, -0.05) is 0 Å². The van der Waals surface area contributed by atoms with Crippen LogP contribution in [0.1, 0.15) is 18.4 Å². The molecule has 1 aliphatic heterocycles. The zero-order valence-corrected chi connectivity index (χ0v) is 10.5. The first-order valence-electron chi connectivity index (χ1n) is 6.10. The van der Waals surface area contributed by atoms with Crippen LogP contribution in [0.5, 0.6) is 0 Å². The Hall–Kier alpha value is -1.31. The van der Waals surface area contributed by atoms with Crippen LogP contribution in [0.3, 0.4) is 0 Å². The third kappa shape index (κ3) is 3.09. The second kappa shape index (κ2) is 5.35. The summed E-state index contributed by atoms with van der Waals surface area (Å²) < 4.78 is 5.57. The van der Waals surface area contributed by atoms with E-state index in [9.17, 15) is 0 Å². The van der Waals surface area contributed by atoms with Crippen LogP contribution in [-0.4, -0.2) is 42.0 Å². The molecule has 0 aromatic carbocycles. The third-order valence-corrected chi connectivity index (χ3v) is 3.32. The highest BCUT2D eigenvalue weighted by molar-refractivity contribution is 5.05. The first-order chi connectivity index (χ1) is 8.19. The van der Waals surface area contributed by atoms with E-state index in [4.69, 9.17) is 9.68 Å². The van der Waals surface area contributed by atoms with Crippen molar-refractivity contribution in [2.45, 2.75) is 26.4 Å². The largest absolute Gasteiger partial charge is 0.465 e. The topological polar surface area (TPSA) is 43.4 Å². The van der Waals surface area contributed by atoms with Crippen molar-refractivity contribution >= 4 is 0 Å². The molecule has 4 nitrogen and oxygen atoms in total. The first kappa shape index (κ1) is 12.2. The Morgan fingerprint density at radius 3 is 2.59 bits per heavy atom. The van der Waals surface area contributed by atoms with Crippen molar-refractivity contribution < 1.29 is 4.42 Å². The molecule has 17 heavy (non-hydrogen) atoms. The van der Waals surface area contributed by atoms with E-state index in [-0.39, 0.29) is 6.04 Å². The lowest BCUT2D eigenvalue weighted by atomic mass is 10.2. The smallest absolute Gasteiger partial charge is 0.118 e. The van der Waals surface area contributed by atoms with Crippen LogP contribution in [0.15, 0.2) is 16.5 Å². The van der Waals surface area contributed by atoms with E-state index in [1.807, 2.05) is 26.0 Å². The number of furan rings is 1. The van der Waals surface area contributed by atoms with Gasteiger partial charge in [0.15, 0.2) is 0 Å². The number of hydrogen-bond acceptors (Lipinski definition) is 4. The summed E-state index contributed by atoms with van der Waals surface area (Å²) >= 11 is 0. The highest BCUT2D eigenvalue weighted by Gasteiger charge is 2.21. The molecule has 2 heterocycles. The van der Waals surface area contributed by atoms with Crippen LogP contribution in [0.2, 0.25) is 0 Å². The minimum atomic E-state index is 0.0306. The molecule has 0 bridgehead atoms. The summed E-state index contributed by atoms with van der Waals surface area (Å²) in [5.41, 5.74) is 0. The molecular weight excluding hydrogens is 214 g/mol. The summed E-state index contributed by atoms with van der Waals surface area (Å²) in [5, 5.41) is 8.87. The molecule has 1 fully saturated rings. The zero-order chi connectivity index (χ0) is 12.3. The highest BCUT2D eigenvalue weighted by atomic mass is 16.3. The van der Waals surface area contributed by atoms with Crippen molar-refractivity contribution in [2.75, 3.05) is 26.2 Å². The molecule has 1 aromatic rings. The lowest BCUT2D eigenvalue weighted by Gasteiger charge is -2.35. The van der Waals surface area contributed by atoms with E-state index in [1.54, 1.807) is 0 Å². The van der Waals surface area contributed by atoms with E-state index in [0.29, 0.717) is 0 Å². The number of rotatable bonds is 3. The molecule has 0 spiro atoms. The molecule has 0 saturated carbocycles. The average molecular weight is 233 g/mol. The minimum Gasteiger partial charge on any atom is -0.465 e. The van der Waals surface area contributed by atoms with Crippen molar-refractivity contribution in [1.29, 1.82) is 5.26 Å². The van der Waals surface area contributed by atoms with Gasteiger partial charge in [-0.25, -0.2) is 0 Å². The molecular formula is C13H19N3O. The molecule has 92 valence electrons. The first-order valence-corrected chi connectivity index (χ1v) is 6.10. The van der Waals surface area contributed by atoms with Crippen molar-refractivity contribution in [3.05, 3.63) is 23.7 Å². The summed E-state index contributed by atoms with van der Waals surface area (Å²) in [5.74, 6) is 2.00. The summed E-state index contributed by atoms with van der Waals surface area (Å²) in [6.07, 6.45) is 0. The fraction of sp³-hybridized carbons (Fsp3) is 0.615. The maximum atomic E-state index is 8.87. The maximum absolute atomic E-state index is 8.87. The number of aryl methyl sites for hydroxylation is 1. The maximum Gasteiger partial charge on any atom is 0.118 e. The minimum absolute atomic E-state index is 0.0306. The molecule has 1 atom stereocenters. The van der Waals surface area contributed by atoms with Gasteiger partial charge in [-0.05, 0) is 26.0 Å². The van der Waals surface area contributed by atoms with E-state index in [2.05, 4.69) is 15.9 Å². The normalized spacial score (nSPS) is 20.1. The van der Waals surface area contributed by atoms with Crippen LogP contribution in [0.4, 0.5) is 0 Å². The fourth-order valence-electron chi connectivity index (χ4n) is 2.18. The Morgan fingerprint density at radius 1 is 1.35 bits per heavy atom. The van der Waals surface area contributed by atoms with E-state index in [1.165, 1.54) is 0 Å². The predicted molar refractivity (Wildman–Crippen MR) is 65.4 cm³/mol. The van der Waals surface area contributed by atoms with Crippen molar-refractivity contribution in [3.8, 4) is 6.07 Å². The van der Waals surface area contributed by atoms with Gasteiger partial charge in [-0.3, -0.25) is 9.80 Å². The molecule has 0 N–H and O–H groups in total. The predicted octanol–water partition coefficient (Wildman–Crippen LogP) is 1.62. The van der Waals surface area contributed by atoms with Gasteiger partial charge in [0.05, 0.1) is 18.7 Å². The van der Waals surface area contributed by atoms with Crippen molar-refractivity contribution in [2.24, 2.45) is 0 Å². The molecule has 1 aromatic heterocycles. The molecule has 4 heteroatoms. The Bertz CT molecular complexity index is 399. The molecule has 1 unspecified atom stereocenters. The zero-order valence-electron chi connectivity index (χ0n) is 10.5. The number of nitrogens with zero attached hydrogens (tertiary/aromatic N) is 3. The standard InChI is InChI=1S/C13H19N3O/c1-11(9-14)16-7-5-15(6-8-16)10-13-4-3-12(2)17-13/h3-4,11H,5-8,10H2,1-2H3. The fourth-order valence-corrected chi connectivity index (χ4v) is 2.18. The number of hydrogen-bond donors (Lipinski definition) is 0. The van der Waals surface area contributed by atoms with Crippen molar-refractivity contribution in [1.82, 2.24) is 9.80 Å². The van der Waals surface area contributed by atoms with E-state index >= 15 is 0 Å². The van der Waals surface area contributed by atoms with Gasteiger partial charge < -0.3 is 4.42 Å². The quantitative estimate of drug-likeness (QED) is 0.795. The number of piperazine rings is 1. The van der Waals surface area contributed by atoms with Crippen LogP contribution >= 0.6 is 0 Å². The lowest BCUT2D eigenvalue weighted by Crippen LogP contribution is -2.48. The van der Waals surface area contributed by atoms with Gasteiger partial charge in [-0.15, -0.1) is 0 Å². The Labute approximate surface area is 102 Å². The Morgan fingerprint density at radius 2 is 2.06 bits per heavy atom. The van der Waals surface area contributed by atoms with Gasteiger partial charge in [0.1, 0.15) is 11.5 Å². The van der Waals surface area contributed by atoms with E-state index < -0.39 is 0 Å². The summed E-state index contributed by atoms with van der Waals surface area (Å²) in [6.45, 7) is 8.75. The molecule has 2 rings (SSSR count). The monoisotopic (exact) mass is 233 g/mol. The Kier molecular flexibility index (Phi) is 3.82. The van der Waals surface area contributed by atoms with Crippen LogP contribution in [-0.2, 0) is 6.54 Å². The van der Waals surface area contributed by atoms with Gasteiger partial charge in [0.25, 0.3) is 0 Å². The van der Waals surface area contributed by atoms with Crippen LogP contribution < -0.4 is 0 Å². The second-order valence-electron chi connectivity index (χ2n) is 4.63.